The molecule has 1 N–H and O–H groups in total. The number of hydrogen-bond acceptors (Lipinski definition) is 3. The SMILES string of the molecule is COC(=O)C/C=C\CC1CCNC1. The van der Waals surface area contributed by atoms with Crippen LogP contribution in [0.5, 0.6) is 0 Å². The molecule has 1 atom stereocenters. The standard InChI is InChI=1S/C10H17NO2/c1-13-10(12)5-3-2-4-9-6-7-11-8-9/h2-3,9,11H,4-8H2,1H3/b3-2-. The number of carbonyl (C=O) groups excluding carboxylic acids is 1. The highest BCUT2D eigenvalue weighted by Gasteiger charge is 2.11. The number of esters is 1. The van der Waals surface area contributed by atoms with E-state index in [1.54, 1.807) is 0 Å². The first-order valence-corrected chi connectivity index (χ1v) is 4.75. The number of methoxy groups -OCH3 is 1. The Hall–Kier alpha value is -0.830. The van der Waals surface area contributed by atoms with Gasteiger partial charge in [0.15, 0.2) is 0 Å². The molecule has 1 aliphatic heterocycles. The molecule has 74 valence electrons. The molecular weight excluding hydrogens is 166 g/mol. The molecule has 1 saturated heterocycles. The maximum Gasteiger partial charge on any atom is 0.309 e. The highest BCUT2D eigenvalue weighted by molar-refractivity contribution is 5.70. The zero-order valence-corrected chi connectivity index (χ0v) is 8.08. The summed E-state index contributed by atoms with van der Waals surface area (Å²) in [4.78, 5) is 10.7. The van der Waals surface area contributed by atoms with Crippen LogP contribution in [0, 0.1) is 5.92 Å². The molecule has 0 radical (unpaired) electrons. The molecule has 0 spiro atoms. The van der Waals surface area contributed by atoms with E-state index in [-0.39, 0.29) is 5.97 Å². The van der Waals surface area contributed by atoms with Crippen LogP contribution in [-0.2, 0) is 9.53 Å². The lowest BCUT2D eigenvalue weighted by atomic mass is 10.0. The maximum atomic E-state index is 10.7. The van der Waals surface area contributed by atoms with Gasteiger partial charge in [0.2, 0.25) is 0 Å². The summed E-state index contributed by atoms with van der Waals surface area (Å²) in [5.74, 6) is 0.592. The van der Waals surface area contributed by atoms with Gasteiger partial charge in [-0.3, -0.25) is 4.79 Å². The second-order valence-corrected chi connectivity index (χ2v) is 3.35. The van der Waals surface area contributed by atoms with Gasteiger partial charge in [0.1, 0.15) is 0 Å². The van der Waals surface area contributed by atoms with Crippen molar-refractivity contribution in [2.24, 2.45) is 5.92 Å². The van der Waals surface area contributed by atoms with Gasteiger partial charge in [0.25, 0.3) is 0 Å². The molecule has 1 rings (SSSR count). The fourth-order valence-corrected chi connectivity index (χ4v) is 1.47. The van der Waals surface area contributed by atoms with E-state index < -0.39 is 0 Å². The summed E-state index contributed by atoms with van der Waals surface area (Å²) in [5.41, 5.74) is 0. The van der Waals surface area contributed by atoms with Gasteiger partial charge in [0, 0.05) is 0 Å². The van der Waals surface area contributed by atoms with Crippen LogP contribution in [0.25, 0.3) is 0 Å². The fourth-order valence-electron chi connectivity index (χ4n) is 1.47. The molecule has 13 heavy (non-hydrogen) atoms. The van der Waals surface area contributed by atoms with Crippen molar-refractivity contribution < 1.29 is 9.53 Å². The van der Waals surface area contributed by atoms with Crippen LogP contribution in [0.1, 0.15) is 19.3 Å². The minimum absolute atomic E-state index is 0.166. The van der Waals surface area contributed by atoms with Crippen LogP contribution in [0.4, 0.5) is 0 Å². The maximum absolute atomic E-state index is 10.7. The molecule has 0 bridgehead atoms. The first-order chi connectivity index (χ1) is 6.33. The average molecular weight is 183 g/mol. The molecule has 3 nitrogen and oxygen atoms in total. The predicted molar refractivity (Wildman–Crippen MR) is 51.4 cm³/mol. The van der Waals surface area contributed by atoms with Gasteiger partial charge in [-0.25, -0.2) is 0 Å². The van der Waals surface area contributed by atoms with E-state index in [0.717, 1.165) is 25.4 Å². The minimum atomic E-state index is -0.166. The van der Waals surface area contributed by atoms with Crippen LogP contribution < -0.4 is 5.32 Å². The quantitative estimate of drug-likeness (QED) is 0.524. The summed E-state index contributed by atoms with van der Waals surface area (Å²) in [6, 6.07) is 0. The Morgan fingerprint density at radius 2 is 2.46 bits per heavy atom. The highest BCUT2D eigenvalue weighted by Crippen LogP contribution is 2.12. The van der Waals surface area contributed by atoms with Crippen LogP contribution in [0.3, 0.4) is 0 Å². The van der Waals surface area contributed by atoms with E-state index in [4.69, 9.17) is 0 Å². The molecular formula is C10H17NO2. The largest absolute Gasteiger partial charge is 0.469 e. The molecule has 0 aromatic heterocycles. The van der Waals surface area contributed by atoms with Gasteiger partial charge in [-0.05, 0) is 31.8 Å². The summed E-state index contributed by atoms with van der Waals surface area (Å²) >= 11 is 0. The van der Waals surface area contributed by atoms with E-state index in [1.807, 2.05) is 6.08 Å². The van der Waals surface area contributed by atoms with Gasteiger partial charge < -0.3 is 10.1 Å². The predicted octanol–water partition coefficient (Wildman–Crippen LogP) is 1.11. The Balaban J connectivity index is 2.06. The molecule has 1 unspecified atom stereocenters. The molecule has 0 aromatic rings. The summed E-state index contributed by atoms with van der Waals surface area (Å²) in [5, 5.41) is 3.31. The van der Waals surface area contributed by atoms with Gasteiger partial charge in [-0.1, -0.05) is 12.2 Å². The molecule has 0 aliphatic carbocycles. The lowest BCUT2D eigenvalue weighted by molar-refractivity contribution is -0.139. The third kappa shape index (κ3) is 4.08. The van der Waals surface area contributed by atoms with Crippen molar-refractivity contribution in [1.29, 1.82) is 0 Å². The lowest BCUT2D eigenvalue weighted by Gasteiger charge is -2.01. The first-order valence-electron chi connectivity index (χ1n) is 4.75. The normalized spacial score (nSPS) is 22.4. The monoisotopic (exact) mass is 183 g/mol. The van der Waals surface area contributed by atoms with Crippen LogP contribution >= 0.6 is 0 Å². The van der Waals surface area contributed by atoms with E-state index in [1.165, 1.54) is 13.5 Å². The number of allylic oxidation sites excluding steroid dienone is 1. The van der Waals surface area contributed by atoms with Crippen LogP contribution in [-0.4, -0.2) is 26.2 Å². The fraction of sp³-hybridized carbons (Fsp3) is 0.700. The Kier molecular flexibility index (Phi) is 4.54. The Morgan fingerprint density at radius 1 is 1.62 bits per heavy atom. The zero-order valence-electron chi connectivity index (χ0n) is 8.08. The van der Waals surface area contributed by atoms with Crippen molar-refractivity contribution in [3.63, 3.8) is 0 Å². The summed E-state index contributed by atoms with van der Waals surface area (Å²) < 4.78 is 4.52. The van der Waals surface area contributed by atoms with Crippen molar-refractivity contribution in [2.75, 3.05) is 20.2 Å². The topological polar surface area (TPSA) is 38.3 Å². The molecule has 0 amide bonds. The summed E-state index contributed by atoms with van der Waals surface area (Å²) in [6.45, 7) is 2.25. The second-order valence-electron chi connectivity index (χ2n) is 3.35. The van der Waals surface area contributed by atoms with Gasteiger partial charge in [-0.2, -0.15) is 0 Å². The number of ether oxygens (including phenoxy) is 1. The summed E-state index contributed by atoms with van der Waals surface area (Å²) in [7, 11) is 1.41. The summed E-state index contributed by atoms with van der Waals surface area (Å²) in [6.07, 6.45) is 6.70. The molecule has 3 heteroatoms. The second kappa shape index (κ2) is 5.75. The number of carbonyl (C=O) groups is 1. The zero-order chi connectivity index (χ0) is 9.52. The molecule has 0 aromatic carbocycles. The number of nitrogens with one attached hydrogen (secondary N) is 1. The number of hydrogen-bond donors (Lipinski definition) is 1. The molecule has 1 heterocycles. The lowest BCUT2D eigenvalue weighted by Crippen LogP contribution is -2.08. The average Bonchev–Trinajstić information content (AvgIpc) is 2.64. The highest BCUT2D eigenvalue weighted by atomic mass is 16.5. The van der Waals surface area contributed by atoms with Crippen LogP contribution in [0.2, 0.25) is 0 Å². The van der Waals surface area contributed by atoms with Crippen molar-refractivity contribution >= 4 is 5.97 Å². The number of rotatable bonds is 4. The molecule has 1 fully saturated rings. The van der Waals surface area contributed by atoms with Gasteiger partial charge >= 0.3 is 5.97 Å². The first kappa shape index (κ1) is 10.3. The van der Waals surface area contributed by atoms with Crippen LogP contribution in [0.15, 0.2) is 12.2 Å². The van der Waals surface area contributed by atoms with Crippen molar-refractivity contribution in [3.8, 4) is 0 Å². The van der Waals surface area contributed by atoms with Crippen molar-refractivity contribution in [1.82, 2.24) is 5.32 Å². The van der Waals surface area contributed by atoms with Crippen molar-refractivity contribution in [2.45, 2.75) is 19.3 Å². The van der Waals surface area contributed by atoms with E-state index in [0.29, 0.717) is 6.42 Å². The molecule has 0 saturated carbocycles. The third-order valence-corrected chi connectivity index (χ3v) is 2.31. The third-order valence-electron chi connectivity index (χ3n) is 2.31. The van der Waals surface area contributed by atoms with E-state index >= 15 is 0 Å². The Bertz CT molecular complexity index is 183. The Morgan fingerprint density at radius 3 is 3.08 bits per heavy atom. The van der Waals surface area contributed by atoms with Crippen molar-refractivity contribution in [3.05, 3.63) is 12.2 Å². The van der Waals surface area contributed by atoms with Gasteiger partial charge in [-0.15, -0.1) is 0 Å². The Labute approximate surface area is 79.2 Å². The van der Waals surface area contributed by atoms with E-state index in [9.17, 15) is 4.79 Å². The van der Waals surface area contributed by atoms with E-state index in [2.05, 4.69) is 16.1 Å². The van der Waals surface area contributed by atoms with Gasteiger partial charge in [0.05, 0.1) is 13.5 Å². The molecule has 1 aliphatic rings. The smallest absolute Gasteiger partial charge is 0.309 e. The minimum Gasteiger partial charge on any atom is -0.469 e.